The van der Waals surface area contributed by atoms with E-state index in [1.54, 1.807) is 6.07 Å². The third-order valence-corrected chi connectivity index (χ3v) is 2.51. The molecule has 1 aromatic rings. The molecule has 0 unspecified atom stereocenters. The summed E-state index contributed by atoms with van der Waals surface area (Å²) in [5.41, 5.74) is 0.334. The predicted octanol–water partition coefficient (Wildman–Crippen LogP) is 0.490. The standard InChI is InChI=1S/C11H9NO4/c1-12-10(14)8-5-6(16-2)3-4-7(8)9(13)11(12)15/h3-5H,1-2H3. The van der Waals surface area contributed by atoms with E-state index in [0.717, 1.165) is 4.90 Å². The number of carbonyl (C=O) groups is 3. The Labute approximate surface area is 91.6 Å². The van der Waals surface area contributed by atoms with Crippen molar-refractivity contribution in [3.8, 4) is 5.75 Å². The molecule has 0 spiro atoms. The van der Waals surface area contributed by atoms with Gasteiger partial charge in [-0.3, -0.25) is 19.3 Å². The van der Waals surface area contributed by atoms with E-state index < -0.39 is 17.6 Å². The molecule has 2 rings (SSSR count). The molecule has 5 nitrogen and oxygen atoms in total. The molecule has 1 aliphatic heterocycles. The second-order valence-corrected chi connectivity index (χ2v) is 3.41. The number of ketones is 1. The molecule has 0 aromatic heterocycles. The number of imide groups is 1. The molecule has 1 heterocycles. The second-order valence-electron chi connectivity index (χ2n) is 3.41. The average Bonchev–Trinajstić information content (AvgIpc) is 2.33. The molecular formula is C11H9NO4. The van der Waals surface area contributed by atoms with E-state index in [9.17, 15) is 14.4 Å². The largest absolute Gasteiger partial charge is 0.497 e. The first-order valence-electron chi connectivity index (χ1n) is 4.61. The van der Waals surface area contributed by atoms with Crippen LogP contribution in [0.25, 0.3) is 0 Å². The number of nitrogens with zero attached hydrogens (tertiary/aromatic N) is 1. The number of hydrogen-bond acceptors (Lipinski definition) is 4. The number of Topliss-reactive ketones (excluding diaryl/α,β-unsaturated/α-hetero) is 1. The minimum Gasteiger partial charge on any atom is -0.497 e. The highest BCUT2D eigenvalue weighted by molar-refractivity contribution is 6.49. The minimum atomic E-state index is -0.803. The molecule has 1 aliphatic rings. The van der Waals surface area contributed by atoms with Gasteiger partial charge in [0.15, 0.2) is 0 Å². The number of fused-ring (bicyclic) bond motifs is 1. The summed E-state index contributed by atoms with van der Waals surface area (Å²) in [7, 11) is 2.75. The van der Waals surface area contributed by atoms with Gasteiger partial charge in [-0.2, -0.15) is 0 Å². The minimum absolute atomic E-state index is 0.133. The molecule has 16 heavy (non-hydrogen) atoms. The average molecular weight is 219 g/mol. The van der Waals surface area contributed by atoms with Gasteiger partial charge in [-0.05, 0) is 18.2 Å². The maximum atomic E-state index is 11.7. The number of amides is 2. The van der Waals surface area contributed by atoms with Crippen molar-refractivity contribution < 1.29 is 19.1 Å². The highest BCUT2D eigenvalue weighted by Gasteiger charge is 2.35. The summed E-state index contributed by atoms with van der Waals surface area (Å²) in [5, 5.41) is 0. The summed E-state index contributed by atoms with van der Waals surface area (Å²) >= 11 is 0. The summed E-state index contributed by atoms with van der Waals surface area (Å²) in [6.07, 6.45) is 0. The number of carbonyl (C=O) groups excluding carboxylic acids is 3. The van der Waals surface area contributed by atoms with Crippen molar-refractivity contribution in [2.24, 2.45) is 0 Å². The van der Waals surface area contributed by atoms with Crippen molar-refractivity contribution in [3.05, 3.63) is 29.3 Å². The first-order valence-corrected chi connectivity index (χ1v) is 4.61. The Bertz CT molecular complexity index is 507. The topological polar surface area (TPSA) is 63.7 Å². The maximum Gasteiger partial charge on any atom is 0.301 e. The van der Waals surface area contributed by atoms with Gasteiger partial charge in [0, 0.05) is 12.6 Å². The first-order chi connectivity index (χ1) is 7.56. The quantitative estimate of drug-likeness (QED) is 0.509. The molecule has 82 valence electrons. The molecule has 0 fully saturated rings. The molecule has 0 saturated carbocycles. The van der Waals surface area contributed by atoms with E-state index in [-0.39, 0.29) is 11.1 Å². The number of methoxy groups -OCH3 is 1. The van der Waals surface area contributed by atoms with Gasteiger partial charge in [0.1, 0.15) is 5.75 Å². The van der Waals surface area contributed by atoms with Gasteiger partial charge in [0.25, 0.3) is 11.7 Å². The zero-order valence-electron chi connectivity index (χ0n) is 8.81. The fourth-order valence-electron chi connectivity index (χ4n) is 1.57. The van der Waals surface area contributed by atoms with Crippen molar-refractivity contribution >= 4 is 17.6 Å². The van der Waals surface area contributed by atoms with Gasteiger partial charge >= 0.3 is 5.91 Å². The lowest BCUT2D eigenvalue weighted by Gasteiger charge is -2.21. The number of likely N-dealkylation sites (N-methyl/N-ethyl adjacent to an activating group) is 1. The van der Waals surface area contributed by atoms with Crippen LogP contribution in [0.5, 0.6) is 5.75 Å². The van der Waals surface area contributed by atoms with E-state index >= 15 is 0 Å². The summed E-state index contributed by atoms with van der Waals surface area (Å²) in [5.74, 6) is -1.48. The highest BCUT2D eigenvalue weighted by atomic mass is 16.5. The maximum absolute atomic E-state index is 11.7. The van der Waals surface area contributed by atoms with Crippen LogP contribution in [0.15, 0.2) is 18.2 Å². The Morgan fingerprint density at radius 1 is 1.06 bits per heavy atom. The molecule has 0 radical (unpaired) electrons. The fraction of sp³-hybridized carbons (Fsp3) is 0.182. The Balaban J connectivity index is 2.64. The molecule has 0 N–H and O–H groups in total. The van der Waals surface area contributed by atoms with Crippen molar-refractivity contribution in [3.63, 3.8) is 0 Å². The summed E-state index contributed by atoms with van der Waals surface area (Å²) in [6, 6.07) is 4.43. The SMILES string of the molecule is COc1ccc2c(c1)C(=O)N(C)C(=O)C2=O. The van der Waals surface area contributed by atoms with Gasteiger partial charge in [0.2, 0.25) is 0 Å². The molecule has 5 heteroatoms. The third kappa shape index (κ3) is 1.29. The predicted molar refractivity (Wildman–Crippen MR) is 54.4 cm³/mol. The van der Waals surface area contributed by atoms with Gasteiger partial charge in [-0.1, -0.05) is 0 Å². The van der Waals surface area contributed by atoms with E-state index in [2.05, 4.69) is 0 Å². The molecule has 2 amide bonds. The molecule has 0 saturated heterocycles. The van der Waals surface area contributed by atoms with Crippen molar-refractivity contribution in [1.29, 1.82) is 0 Å². The Morgan fingerprint density at radius 3 is 2.38 bits per heavy atom. The van der Waals surface area contributed by atoms with E-state index in [1.807, 2.05) is 0 Å². The fourth-order valence-corrected chi connectivity index (χ4v) is 1.57. The van der Waals surface area contributed by atoms with Crippen LogP contribution in [-0.4, -0.2) is 36.7 Å². The second kappa shape index (κ2) is 3.44. The van der Waals surface area contributed by atoms with Crippen LogP contribution in [0.1, 0.15) is 20.7 Å². The van der Waals surface area contributed by atoms with Crippen LogP contribution in [0.3, 0.4) is 0 Å². The molecule has 0 atom stereocenters. The Morgan fingerprint density at radius 2 is 1.75 bits per heavy atom. The number of hydrogen-bond donors (Lipinski definition) is 0. The van der Waals surface area contributed by atoms with Gasteiger partial charge in [-0.15, -0.1) is 0 Å². The van der Waals surface area contributed by atoms with Crippen molar-refractivity contribution in [2.75, 3.05) is 14.2 Å². The highest BCUT2D eigenvalue weighted by Crippen LogP contribution is 2.23. The van der Waals surface area contributed by atoms with Crippen LogP contribution in [-0.2, 0) is 4.79 Å². The van der Waals surface area contributed by atoms with Gasteiger partial charge in [0.05, 0.1) is 12.7 Å². The molecular weight excluding hydrogens is 210 g/mol. The lowest BCUT2D eigenvalue weighted by Crippen LogP contribution is -2.43. The monoisotopic (exact) mass is 219 g/mol. The third-order valence-electron chi connectivity index (χ3n) is 2.51. The number of rotatable bonds is 1. The summed E-state index contributed by atoms with van der Waals surface area (Å²) in [6.45, 7) is 0. The lowest BCUT2D eigenvalue weighted by atomic mass is 9.97. The molecule has 1 aromatic carbocycles. The first kappa shape index (κ1) is 10.4. The van der Waals surface area contributed by atoms with Crippen LogP contribution in [0, 0.1) is 0 Å². The van der Waals surface area contributed by atoms with Crippen LogP contribution < -0.4 is 4.74 Å². The smallest absolute Gasteiger partial charge is 0.301 e. The Hall–Kier alpha value is -2.17. The summed E-state index contributed by atoms with van der Waals surface area (Å²) in [4.78, 5) is 35.5. The zero-order chi connectivity index (χ0) is 11.9. The van der Waals surface area contributed by atoms with Crippen LogP contribution in [0.4, 0.5) is 0 Å². The Kier molecular flexibility index (Phi) is 2.23. The van der Waals surface area contributed by atoms with E-state index in [1.165, 1.54) is 26.3 Å². The zero-order valence-corrected chi connectivity index (χ0v) is 8.81. The molecule has 0 aliphatic carbocycles. The van der Waals surface area contributed by atoms with Crippen LogP contribution >= 0.6 is 0 Å². The normalized spacial score (nSPS) is 15.1. The van der Waals surface area contributed by atoms with Gasteiger partial charge in [-0.25, -0.2) is 0 Å². The van der Waals surface area contributed by atoms with E-state index in [0.29, 0.717) is 5.75 Å². The number of benzene rings is 1. The van der Waals surface area contributed by atoms with Crippen LogP contribution in [0.2, 0.25) is 0 Å². The molecule has 0 bridgehead atoms. The number of ether oxygens (including phenoxy) is 1. The summed E-state index contributed by atoms with van der Waals surface area (Å²) < 4.78 is 4.96. The van der Waals surface area contributed by atoms with E-state index in [4.69, 9.17) is 4.74 Å². The van der Waals surface area contributed by atoms with Gasteiger partial charge < -0.3 is 4.74 Å². The lowest BCUT2D eigenvalue weighted by molar-refractivity contribution is -0.123. The van der Waals surface area contributed by atoms with Crippen molar-refractivity contribution in [1.82, 2.24) is 4.90 Å². The van der Waals surface area contributed by atoms with Crippen molar-refractivity contribution in [2.45, 2.75) is 0 Å².